The van der Waals surface area contributed by atoms with Crippen molar-refractivity contribution in [2.45, 2.75) is 25.8 Å². The summed E-state index contributed by atoms with van der Waals surface area (Å²) < 4.78 is 24.4. The van der Waals surface area contributed by atoms with Crippen LogP contribution in [0.2, 0.25) is 0 Å². The molecule has 1 aromatic carbocycles. The Hall–Kier alpha value is -1.66. The van der Waals surface area contributed by atoms with Gasteiger partial charge in [-0.05, 0) is 31.9 Å². The summed E-state index contributed by atoms with van der Waals surface area (Å²) in [5, 5.41) is 0. The normalized spacial score (nSPS) is 24.3. The van der Waals surface area contributed by atoms with Crippen LogP contribution < -0.4 is 4.74 Å². The SMILES string of the molecule is COCCN1CCCC2(CCN(Cc3ccc(OC)cc3F)C2)C1=O. The number of ether oxygens (including phenoxy) is 2. The van der Waals surface area contributed by atoms with Crippen molar-refractivity contribution in [3.05, 3.63) is 29.6 Å². The van der Waals surface area contributed by atoms with Gasteiger partial charge in [0.2, 0.25) is 5.91 Å². The summed E-state index contributed by atoms with van der Waals surface area (Å²) >= 11 is 0. The molecule has 1 aromatic rings. The summed E-state index contributed by atoms with van der Waals surface area (Å²) in [7, 11) is 3.19. The first-order valence-corrected chi connectivity index (χ1v) is 8.91. The van der Waals surface area contributed by atoms with Crippen molar-refractivity contribution in [3.8, 4) is 5.75 Å². The van der Waals surface area contributed by atoms with Crippen LogP contribution in [0.1, 0.15) is 24.8 Å². The smallest absolute Gasteiger partial charge is 0.230 e. The second-order valence-electron chi connectivity index (χ2n) is 7.09. The van der Waals surface area contributed by atoms with Gasteiger partial charge in [-0.1, -0.05) is 6.07 Å². The Kier molecular flexibility index (Phi) is 5.59. The minimum absolute atomic E-state index is 0.244. The summed E-state index contributed by atoms with van der Waals surface area (Å²) in [5.74, 6) is 0.515. The number of hydrogen-bond donors (Lipinski definition) is 0. The first-order valence-electron chi connectivity index (χ1n) is 8.91. The average Bonchev–Trinajstić information content (AvgIpc) is 3.02. The monoisotopic (exact) mass is 350 g/mol. The fraction of sp³-hybridized carbons (Fsp3) is 0.632. The highest BCUT2D eigenvalue weighted by Gasteiger charge is 2.48. The fourth-order valence-corrected chi connectivity index (χ4v) is 4.06. The molecule has 1 spiro atoms. The molecule has 2 aliphatic heterocycles. The van der Waals surface area contributed by atoms with E-state index in [2.05, 4.69) is 4.90 Å². The maximum absolute atomic E-state index is 14.2. The molecular weight excluding hydrogens is 323 g/mol. The Morgan fingerprint density at radius 1 is 1.24 bits per heavy atom. The van der Waals surface area contributed by atoms with Gasteiger partial charge in [-0.25, -0.2) is 4.39 Å². The maximum Gasteiger partial charge on any atom is 0.230 e. The van der Waals surface area contributed by atoms with Crippen LogP contribution in [0, 0.1) is 11.2 Å². The number of halogens is 1. The molecule has 25 heavy (non-hydrogen) atoms. The van der Waals surface area contributed by atoms with E-state index in [-0.39, 0.29) is 17.1 Å². The first kappa shape index (κ1) is 18.1. The predicted octanol–water partition coefficient (Wildman–Crippen LogP) is 2.30. The lowest BCUT2D eigenvalue weighted by molar-refractivity contribution is -0.146. The number of likely N-dealkylation sites (tertiary alicyclic amines) is 2. The van der Waals surface area contributed by atoms with Gasteiger partial charge in [0.05, 0.1) is 19.1 Å². The molecule has 2 aliphatic rings. The van der Waals surface area contributed by atoms with Crippen LogP contribution in [0.4, 0.5) is 4.39 Å². The van der Waals surface area contributed by atoms with E-state index in [0.29, 0.717) is 37.6 Å². The molecular formula is C19H27FN2O3. The summed E-state index contributed by atoms with van der Waals surface area (Å²) in [4.78, 5) is 17.1. The van der Waals surface area contributed by atoms with Crippen LogP contribution in [-0.2, 0) is 16.1 Å². The Balaban J connectivity index is 1.65. The number of amides is 1. The highest BCUT2D eigenvalue weighted by molar-refractivity contribution is 5.84. The molecule has 2 heterocycles. The molecule has 0 N–H and O–H groups in total. The first-order chi connectivity index (χ1) is 12.1. The molecule has 1 atom stereocenters. The van der Waals surface area contributed by atoms with Crippen LogP contribution in [0.3, 0.4) is 0 Å². The van der Waals surface area contributed by atoms with Crippen molar-refractivity contribution in [2.75, 3.05) is 47.0 Å². The zero-order valence-electron chi connectivity index (χ0n) is 15.1. The van der Waals surface area contributed by atoms with Crippen LogP contribution in [0.5, 0.6) is 5.75 Å². The number of nitrogens with zero attached hydrogens (tertiary/aromatic N) is 2. The number of rotatable bonds is 6. The van der Waals surface area contributed by atoms with Gasteiger partial charge in [0.1, 0.15) is 11.6 Å². The Bertz CT molecular complexity index is 625. The number of carbonyl (C=O) groups is 1. The molecule has 6 heteroatoms. The van der Waals surface area contributed by atoms with Gasteiger partial charge >= 0.3 is 0 Å². The van der Waals surface area contributed by atoms with Crippen molar-refractivity contribution in [2.24, 2.45) is 5.41 Å². The van der Waals surface area contributed by atoms with E-state index in [0.717, 1.165) is 32.4 Å². The zero-order valence-corrected chi connectivity index (χ0v) is 15.1. The highest BCUT2D eigenvalue weighted by Crippen LogP contribution is 2.40. The van der Waals surface area contributed by atoms with E-state index in [4.69, 9.17) is 9.47 Å². The Morgan fingerprint density at radius 3 is 2.80 bits per heavy atom. The third-order valence-electron chi connectivity index (χ3n) is 5.48. The molecule has 138 valence electrons. The summed E-state index contributed by atoms with van der Waals surface area (Å²) in [6, 6.07) is 4.97. The second-order valence-corrected chi connectivity index (χ2v) is 7.09. The topological polar surface area (TPSA) is 42.0 Å². The van der Waals surface area contributed by atoms with E-state index in [1.807, 2.05) is 4.90 Å². The minimum atomic E-state index is -0.297. The van der Waals surface area contributed by atoms with Crippen LogP contribution in [0.15, 0.2) is 18.2 Å². The molecule has 0 radical (unpaired) electrons. The third kappa shape index (κ3) is 3.80. The number of hydrogen-bond acceptors (Lipinski definition) is 4. The summed E-state index contributed by atoms with van der Waals surface area (Å²) in [6.07, 6.45) is 2.81. The van der Waals surface area contributed by atoms with Crippen molar-refractivity contribution < 1.29 is 18.7 Å². The van der Waals surface area contributed by atoms with Crippen molar-refractivity contribution in [1.82, 2.24) is 9.80 Å². The molecule has 5 nitrogen and oxygen atoms in total. The molecule has 0 aromatic heterocycles. The van der Waals surface area contributed by atoms with Gasteiger partial charge in [0.15, 0.2) is 0 Å². The van der Waals surface area contributed by atoms with E-state index in [1.165, 1.54) is 13.2 Å². The molecule has 2 fully saturated rings. The van der Waals surface area contributed by atoms with Crippen molar-refractivity contribution >= 4 is 5.91 Å². The van der Waals surface area contributed by atoms with Crippen LogP contribution in [0.25, 0.3) is 0 Å². The number of carbonyl (C=O) groups excluding carboxylic acids is 1. The van der Waals surface area contributed by atoms with E-state index < -0.39 is 0 Å². The maximum atomic E-state index is 14.2. The molecule has 2 saturated heterocycles. The fourth-order valence-electron chi connectivity index (χ4n) is 4.06. The highest BCUT2D eigenvalue weighted by atomic mass is 19.1. The predicted molar refractivity (Wildman–Crippen MR) is 93.0 cm³/mol. The molecule has 1 unspecified atom stereocenters. The molecule has 1 amide bonds. The molecule has 0 saturated carbocycles. The summed E-state index contributed by atoms with van der Waals surface area (Å²) in [5.41, 5.74) is 0.354. The van der Waals surface area contributed by atoms with E-state index >= 15 is 0 Å². The lowest BCUT2D eigenvalue weighted by atomic mass is 9.78. The molecule has 0 bridgehead atoms. The van der Waals surface area contributed by atoms with Gasteiger partial charge in [-0.3, -0.25) is 9.69 Å². The average molecular weight is 350 g/mol. The Morgan fingerprint density at radius 2 is 2.08 bits per heavy atom. The number of benzene rings is 1. The Labute approximate surface area is 148 Å². The van der Waals surface area contributed by atoms with E-state index in [1.54, 1.807) is 19.2 Å². The standard InChI is InChI=1S/C19H27FN2O3/c1-24-11-10-22-8-3-6-19(18(22)23)7-9-21(14-19)13-15-4-5-16(25-2)12-17(15)20/h4-5,12H,3,6-11,13-14H2,1-2H3. The van der Waals surface area contributed by atoms with Crippen molar-refractivity contribution in [3.63, 3.8) is 0 Å². The number of piperidine rings is 1. The second kappa shape index (κ2) is 7.70. The molecule has 3 rings (SSSR count). The van der Waals surface area contributed by atoms with Gasteiger partial charge in [0.25, 0.3) is 0 Å². The zero-order chi connectivity index (χ0) is 17.9. The minimum Gasteiger partial charge on any atom is -0.497 e. The lowest BCUT2D eigenvalue weighted by Gasteiger charge is -2.39. The van der Waals surface area contributed by atoms with Crippen LogP contribution in [-0.4, -0.2) is 62.7 Å². The quantitative estimate of drug-likeness (QED) is 0.789. The lowest BCUT2D eigenvalue weighted by Crippen LogP contribution is -2.50. The largest absolute Gasteiger partial charge is 0.497 e. The van der Waals surface area contributed by atoms with E-state index in [9.17, 15) is 9.18 Å². The van der Waals surface area contributed by atoms with Gasteiger partial charge in [-0.15, -0.1) is 0 Å². The van der Waals surface area contributed by atoms with Gasteiger partial charge in [0, 0.05) is 44.9 Å². The summed E-state index contributed by atoms with van der Waals surface area (Å²) in [6.45, 7) is 4.11. The molecule has 0 aliphatic carbocycles. The third-order valence-corrected chi connectivity index (χ3v) is 5.48. The van der Waals surface area contributed by atoms with Crippen molar-refractivity contribution in [1.29, 1.82) is 0 Å². The number of methoxy groups -OCH3 is 2. The van der Waals surface area contributed by atoms with Gasteiger partial charge in [-0.2, -0.15) is 0 Å². The van der Waals surface area contributed by atoms with Gasteiger partial charge < -0.3 is 14.4 Å². The van der Waals surface area contributed by atoms with Crippen LogP contribution >= 0.6 is 0 Å².